The van der Waals surface area contributed by atoms with E-state index in [0.717, 1.165) is 62.0 Å². The summed E-state index contributed by atoms with van der Waals surface area (Å²) in [4.78, 5) is 15.4. The summed E-state index contributed by atoms with van der Waals surface area (Å²) in [6.45, 7) is 1.93. The molecule has 5 rings (SSSR count). The van der Waals surface area contributed by atoms with Gasteiger partial charge in [0.15, 0.2) is 0 Å². The van der Waals surface area contributed by atoms with E-state index in [0.29, 0.717) is 6.04 Å². The summed E-state index contributed by atoms with van der Waals surface area (Å²) < 4.78 is 13.3. The standard InChI is InChI=1S/C29H32FN3O/c30-25-13-9-22(10-14-25)20-27-8-4-19-33(27)21-29(17-5-18-29)32-28(34)31-26-15-11-24(12-16-26)23-6-2-1-3-7-23/h1-3,6-7,9-16,27H,4-5,8,17-21H2,(H2,31,32,34). The molecular weight excluding hydrogens is 425 g/mol. The number of halogens is 1. The van der Waals surface area contributed by atoms with E-state index in [1.54, 1.807) is 12.1 Å². The molecule has 3 aromatic carbocycles. The van der Waals surface area contributed by atoms with Gasteiger partial charge >= 0.3 is 6.03 Å². The quantitative estimate of drug-likeness (QED) is 0.441. The zero-order valence-electron chi connectivity index (χ0n) is 19.5. The zero-order valence-corrected chi connectivity index (χ0v) is 19.5. The molecule has 0 aromatic heterocycles. The van der Waals surface area contributed by atoms with Crippen LogP contribution in [0.2, 0.25) is 0 Å². The number of benzene rings is 3. The van der Waals surface area contributed by atoms with Gasteiger partial charge < -0.3 is 10.6 Å². The third-order valence-electron chi connectivity index (χ3n) is 7.33. The summed E-state index contributed by atoms with van der Waals surface area (Å²) in [6.07, 6.45) is 6.40. The lowest BCUT2D eigenvalue weighted by molar-refractivity contribution is 0.109. The van der Waals surface area contributed by atoms with Crippen LogP contribution in [0.15, 0.2) is 78.9 Å². The van der Waals surface area contributed by atoms with E-state index in [4.69, 9.17) is 0 Å². The highest BCUT2D eigenvalue weighted by atomic mass is 19.1. The van der Waals surface area contributed by atoms with Crippen LogP contribution in [0.1, 0.15) is 37.7 Å². The van der Waals surface area contributed by atoms with Gasteiger partial charge in [-0.25, -0.2) is 9.18 Å². The summed E-state index contributed by atoms with van der Waals surface area (Å²) in [5, 5.41) is 6.32. The van der Waals surface area contributed by atoms with Crippen LogP contribution < -0.4 is 10.6 Å². The van der Waals surface area contributed by atoms with Crippen molar-refractivity contribution in [3.05, 3.63) is 90.2 Å². The predicted octanol–water partition coefficient (Wildman–Crippen LogP) is 6.24. The van der Waals surface area contributed by atoms with Crippen molar-refractivity contribution in [3.8, 4) is 11.1 Å². The molecule has 2 amide bonds. The van der Waals surface area contributed by atoms with Crippen molar-refractivity contribution < 1.29 is 9.18 Å². The number of nitrogens with one attached hydrogen (secondary N) is 2. The molecular formula is C29H32FN3O. The first kappa shape index (κ1) is 22.6. The third-order valence-corrected chi connectivity index (χ3v) is 7.33. The minimum Gasteiger partial charge on any atom is -0.331 e. The molecule has 1 heterocycles. The first-order chi connectivity index (χ1) is 16.6. The SMILES string of the molecule is O=C(Nc1ccc(-c2ccccc2)cc1)NC1(CN2CCCC2Cc2ccc(F)cc2)CCC1. The Kier molecular flexibility index (Phi) is 6.63. The van der Waals surface area contributed by atoms with E-state index in [1.165, 1.54) is 12.0 Å². The molecule has 0 bridgehead atoms. The normalized spacial score (nSPS) is 19.4. The summed E-state index contributed by atoms with van der Waals surface area (Å²) in [7, 11) is 0. The number of urea groups is 1. The highest BCUT2D eigenvalue weighted by Gasteiger charge is 2.42. The monoisotopic (exact) mass is 457 g/mol. The highest BCUT2D eigenvalue weighted by molar-refractivity contribution is 5.90. The van der Waals surface area contributed by atoms with Crippen molar-refractivity contribution in [2.75, 3.05) is 18.4 Å². The van der Waals surface area contributed by atoms with Crippen molar-refractivity contribution in [2.45, 2.75) is 50.1 Å². The van der Waals surface area contributed by atoms with E-state index in [9.17, 15) is 9.18 Å². The molecule has 34 heavy (non-hydrogen) atoms. The lowest BCUT2D eigenvalue weighted by Crippen LogP contribution is -2.61. The number of hydrogen-bond donors (Lipinski definition) is 2. The number of nitrogens with zero attached hydrogens (tertiary/aromatic N) is 1. The van der Waals surface area contributed by atoms with Gasteiger partial charge in [-0.3, -0.25) is 4.90 Å². The molecule has 1 atom stereocenters. The largest absolute Gasteiger partial charge is 0.331 e. The van der Waals surface area contributed by atoms with E-state index >= 15 is 0 Å². The molecule has 0 radical (unpaired) electrons. The molecule has 2 fully saturated rings. The summed E-state index contributed by atoms with van der Waals surface area (Å²) in [5.74, 6) is -0.189. The molecule has 1 saturated carbocycles. The molecule has 1 aliphatic heterocycles. The first-order valence-electron chi connectivity index (χ1n) is 12.3. The van der Waals surface area contributed by atoms with Crippen LogP contribution in [0, 0.1) is 5.82 Å². The fourth-order valence-electron chi connectivity index (χ4n) is 5.32. The first-order valence-corrected chi connectivity index (χ1v) is 12.3. The highest BCUT2D eigenvalue weighted by Crippen LogP contribution is 2.35. The minimum absolute atomic E-state index is 0.138. The maximum atomic E-state index is 13.3. The molecule has 4 nitrogen and oxygen atoms in total. The Morgan fingerprint density at radius 2 is 1.62 bits per heavy atom. The van der Waals surface area contributed by atoms with E-state index in [2.05, 4.69) is 27.7 Å². The summed E-state index contributed by atoms with van der Waals surface area (Å²) in [5.41, 5.74) is 4.09. The van der Waals surface area contributed by atoms with Gasteiger partial charge in [0.1, 0.15) is 5.82 Å². The third kappa shape index (κ3) is 5.31. The fraction of sp³-hybridized carbons (Fsp3) is 0.345. The van der Waals surface area contributed by atoms with E-state index in [-0.39, 0.29) is 17.4 Å². The van der Waals surface area contributed by atoms with E-state index < -0.39 is 0 Å². The van der Waals surface area contributed by atoms with Gasteiger partial charge in [-0.15, -0.1) is 0 Å². The molecule has 0 spiro atoms. The molecule has 176 valence electrons. The predicted molar refractivity (Wildman–Crippen MR) is 135 cm³/mol. The number of anilines is 1. The maximum absolute atomic E-state index is 13.3. The Bertz CT molecular complexity index is 1090. The Labute approximate surface area is 201 Å². The lowest BCUT2D eigenvalue weighted by Gasteiger charge is -2.46. The second kappa shape index (κ2) is 9.98. The van der Waals surface area contributed by atoms with Gasteiger partial charge in [0.25, 0.3) is 0 Å². The second-order valence-electron chi connectivity index (χ2n) is 9.75. The van der Waals surface area contributed by atoms with Crippen molar-refractivity contribution in [1.82, 2.24) is 10.2 Å². The van der Waals surface area contributed by atoms with Crippen molar-refractivity contribution in [2.24, 2.45) is 0 Å². The second-order valence-corrected chi connectivity index (χ2v) is 9.75. The number of rotatable bonds is 7. The van der Waals surface area contributed by atoms with Crippen LogP contribution in [-0.2, 0) is 6.42 Å². The number of hydrogen-bond acceptors (Lipinski definition) is 2. The van der Waals surface area contributed by atoms with Crippen LogP contribution in [0.3, 0.4) is 0 Å². The van der Waals surface area contributed by atoms with Gasteiger partial charge in [-0.05, 0) is 86.0 Å². The number of carbonyl (C=O) groups is 1. The number of amides is 2. The van der Waals surface area contributed by atoms with Crippen LogP contribution in [0.4, 0.5) is 14.9 Å². The average molecular weight is 458 g/mol. The molecule has 2 aliphatic rings. The Balaban J connectivity index is 1.18. The van der Waals surface area contributed by atoms with Crippen LogP contribution in [-0.4, -0.2) is 35.6 Å². The summed E-state index contributed by atoms with van der Waals surface area (Å²) >= 11 is 0. The molecule has 5 heteroatoms. The summed E-state index contributed by atoms with van der Waals surface area (Å²) in [6, 6.07) is 25.4. The van der Waals surface area contributed by atoms with Crippen molar-refractivity contribution >= 4 is 11.7 Å². The molecule has 3 aromatic rings. The zero-order chi connectivity index (χ0) is 23.4. The molecule has 1 unspecified atom stereocenters. The number of carbonyl (C=O) groups excluding carboxylic acids is 1. The number of likely N-dealkylation sites (tertiary alicyclic amines) is 1. The Morgan fingerprint density at radius 1 is 0.912 bits per heavy atom. The van der Waals surface area contributed by atoms with Crippen molar-refractivity contribution in [3.63, 3.8) is 0 Å². The average Bonchev–Trinajstić information content (AvgIpc) is 3.26. The molecule has 2 N–H and O–H groups in total. The van der Waals surface area contributed by atoms with Gasteiger partial charge in [-0.1, -0.05) is 54.6 Å². The van der Waals surface area contributed by atoms with Gasteiger partial charge in [0.05, 0.1) is 5.54 Å². The fourth-order valence-corrected chi connectivity index (χ4v) is 5.32. The lowest BCUT2D eigenvalue weighted by atomic mass is 9.76. The Morgan fingerprint density at radius 3 is 2.29 bits per heavy atom. The molecule has 1 saturated heterocycles. The minimum atomic E-state index is -0.189. The van der Waals surface area contributed by atoms with Gasteiger partial charge in [-0.2, -0.15) is 0 Å². The van der Waals surface area contributed by atoms with E-state index in [1.807, 2.05) is 54.6 Å². The molecule has 1 aliphatic carbocycles. The smallest absolute Gasteiger partial charge is 0.319 e. The van der Waals surface area contributed by atoms with Gasteiger partial charge in [0, 0.05) is 18.3 Å². The van der Waals surface area contributed by atoms with Crippen molar-refractivity contribution in [1.29, 1.82) is 0 Å². The van der Waals surface area contributed by atoms with Gasteiger partial charge in [0.2, 0.25) is 0 Å². The Hall–Kier alpha value is -3.18. The maximum Gasteiger partial charge on any atom is 0.319 e. The van der Waals surface area contributed by atoms with Crippen LogP contribution >= 0.6 is 0 Å². The van der Waals surface area contributed by atoms with Crippen LogP contribution in [0.5, 0.6) is 0 Å². The van der Waals surface area contributed by atoms with Crippen LogP contribution in [0.25, 0.3) is 11.1 Å². The topological polar surface area (TPSA) is 44.4 Å².